The highest BCUT2D eigenvalue weighted by Crippen LogP contribution is 2.32. The summed E-state index contributed by atoms with van der Waals surface area (Å²) in [6, 6.07) is 20.5. The molecule has 1 fully saturated rings. The molecule has 1 heterocycles. The second kappa shape index (κ2) is 9.79. The first kappa shape index (κ1) is 21.7. The molecule has 168 valence electrons. The lowest BCUT2D eigenvalue weighted by Gasteiger charge is -2.23. The Bertz CT molecular complexity index is 1260. The Balaban J connectivity index is 1.30. The summed E-state index contributed by atoms with van der Waals surface area (Å²) < 4.78 is 15.4. The van der Waals surface area contributed by atoms with E-state index in [0.717, 1.165) is 27.2 Å². The zero-order chi connectivity index (χ0) is 22.6. The van der Waals surface area contributed by atoms with Crippen LogP contribution in [0.25, 0.3) is 11.0 Å². The van der Waals surface area contributed by atoms with E-state index in [9.17, 15) is 9.18 Å². The van der Waals surface area contributed by atoms with E-state index < -0.39 is 0 Å². The summed E-state index contributed by atoms with van der Waals surface area (Å²) in [4.78, 5) is 18.6. The Morgan fingerprint density at radius 2 is 1.82 bits per heavy atom. The molecule has 1 N–H and O–H groups in total. The molecule has 1 aliphatic rings. The van der Waals surface area contributed by atoms with Crippen LogP contribution in [0, 0.1) is 5.82 Å². The number of carbonyl (C=O) groups excluding carboxylic acids is 1. The Morgan fingerprint density at radius 3 is 2.64 bits per heavy atom. The number of hydrogen-bond acceptors (Lipinski definition) is 3. The van der Waals surface area contributed by atoms with E-state index in [4.69, 9.17) is 0 Å². The van der Waals surface area contributed by atoms with E-state index >= 15 is 0 Å². The van der Waals surface area contributed by atoms with Gasteiger partial charge in [-0.3, -0.25) is 4.79 Å². The molecule has 0 bridgehead atoms. The topological polar surface area (TPSA) is 46.9 Å². The minimum absolute atomic E-state index is 0.150. The van der Waals surface area contributed by atoms with Gasteiger partial charge in [0.05, 0.1) is 22.9 Å². The largest absolute Gasteiger partial charge is 0.327 e. The van der Waals surface area contributed by atoms with E-state index in [0.29, 0.717) is 17.4 Å². The van der Waals surface area contributed by atoms with E-state index in [1.165, 1.54) is 44.2 Å². The predicted molar refractivity (Wildman–Crippen MR) is 132 cm³/mol. The Kier molecular flexibility index (Phi) is 6.44. The van der Waals surface area contributed by atoms with Gasteiger partial charge >= 0.3 is 0 Å². The minimum Gasteiger partial charge on any atom is -0.327 e. The van der Waals surface area contributed by atoms with E-state index in [-0.39, 0.29) is 11.7 Å². The molecular formula is C27H26FN3OS. The van der Waals surface area contributed by atoms with Crippen LogP contribution >= 0.6 is 11.8 Å². The fourth-order valence-electron chi connectivity index (χ4n) is 4.48. The molecule has 6 heteroatoms. The average Bonchev–Trinajstić information content (AvgIpc) is 3.28. The molecule has 0 atom stereocenters. The molecule has 4 nitrogen and oxygen atoms in total. The van der Waals surface area contributed by atoms with Crippen LogP contribution in [-0.4, -0.2) is 15.5 Å². The van der Waals surface area contributed by atoms with Crippen molar-refractivity contribution in [3.8, 4) is 0 Å². The predicted octanol–water partition coefficient (Wildman–Crippen LogP) is 7.23. The maximum atomic E-state index is 13.2. The molecule has 1 amide bonds. The van der Waals surface area contributed by atoms with Crippen molar-refractivity contribution in [3.05, 3.63) is 90.0 Å². The lowest BCUT2D eigenvalue weighted by molar-refractivity contribution is 0.102. The quantitative estimate of drug-likeness (QED) is 0.310. The van der Waals surface area contributed by atoms with Gasteiger partial charge < -0.3 is 9.88 Å². The fraction of sp³-hybridized carbons (Fsp3) is 0.259. The molecule has 0 unspecified atom stereocenters. The van der Waals surface area contributed by atoms with Crippen molar-refractivity contribution >= 4 is 34.4 Å². The van der Waals surface area contributed by atoms with Crippen molar-refractivity contribution in [1.29, 1.82) is 0 Å². The number of aromatic nitrogens is 2. The molecule has 0 spiro atoms. The molecular weight excluding hydrogens is 433 g/mol. The number of benzene rings is 3. The monoisotopic (exact) mass is 459 g/mol. The van der Waals surface area contributed by atoms with Gasteiger partial charge in [-0.2, -0.15) is 0 Å². The number of amides is 1. The number of nitrogens with one attached hydrogen (secondary N) is 1. The summed E-state index contributed by atoms with van der Waals surface area (Å²) in [5, 5.41) is 3.03. The summed E-state index contributed by atoms with van der Waals surface area (Å²) in [6.07, 6.45) is 8.22. The van der Waals surface area contributed by atoms with Crippen molar-refractivity contribution in [1.82, 2.24) is 9.55 Å². The van der Waals surface area contributed by atoms with Gasteiger partial charge in [-0.1, -0.05) is 43.5 Å². The number of halogens is 1. The highest BCUT2D eigenvalue weighted by molar-refractivity contribution is 7.98. The smallest absolute Gasteiger partial charge is 0.256 e. The van der Waals surface area contributed by atoms with Crippen LogP contribution in [0.15, 0.2) is 78.0 Å². The van der Waals surface area contributed by atoms with Gasteiger partial charge in [0.1, 0.15) is 5.82 Å². The van der Waals surface area contributed by atoms with Crippen LogP contribution in [0.4, 0.5) is 10.1 Å². The molecule has 0 radical (unpaired) electrons. The van der Waals surface area contributed by atoms with Gasteiger partial charge in [-0.15, -0.1) is 11.8 Å². The standard InChI is InChI=1S/C27H26FN3OS/c28-20-12-10-19(11-13-20)17-33-26-9-5-4-8-23(26)27(32)30-21-14-15-25-24(16-21)29-18-31(25)22-6-2-1-3-7-22/h4-5,8-16,18,22H,1-3,6-7,17H2,(H,30,32). The molecule has 0 saturated heterocycles. The van der Waals surface area contributed by atoms with Crippen molar-refractivity contribution in [2.45, 2.75) is 48.8 Å². The van der Waals surface area contributed by atoms with Crippen LogP contribution in [-0.2, 0) is 5.75 Å². The van der Waals surface area contributed by atoms with Crippen LogP contribution in [0.5, 0.6) is 0 Å². The molecule has 0 aliphatic heterocycles. The zero-order valence-corrected chi connectivity index (χ0v) is 19.2. The molecule has 5 rings (SSSR count). The molecule has 4 aromatic rings. The molecule has 1 aromatic heterocycles. The third-order valence-electron chi connectivity index (χ3n) is 6.24. The van der Waals surface area contributed by atoms with Gasteiger partial charge in [0.2, 0.25) is 0 Å². The van der Waals surface area contributed by atoms with Crippen LogP contribution in [0.2, 0.25) is 0 Å². The van der Waals surface area contributed by atoms with Crippen molar-refractivity contribution < 1.29 is 9.18 Å². The van der Waals surface area contributed by atoms with Crippen molar-refractivity contribution in [2.24, 2.45) is 0 Å². The minimum atomic E-state index is -0.246. The van der Waals surface area contributed by atoms with Gasteiger partial charge in [0.25, 0.3) is 5.91 Å². The maximum absolute atomic E-state index is 13.2. The normalized spacial score (nSPS) is 14.5. The summed E-state index contributed by atoms with van der Waals surface area (Å²) in [5.74, 6) is 0.266. The highest BCUT2D eigenvalue weighted by Gasteiger charge is 2.18. The third kappa shape index (κ3) is 4.96. The SMILES string of the molecule is O=C(Nc1ccc2c(c1)ncn2C1CCCCC1)c1ccccc1SCc1ccc(F)cc1. The summed E-state index contributed by atoms with van der Waals surface area (Å²) in [7, 11) is 0. The molecule has 3 aromatic carbocycles. The summed E-state index contributed by atoms with van der Waals surface area (Å²) >= 11 is 1.57. The Hall–Kier alpha value is -3.12. The average molecular weight is 460 g/mol. The molecule has 33 heavy (non-hydrogen) atoms. The third-order valence-corrected chi connectivity index (χ3v) is 7.38. The van der Waals surface area contributed by atoms with E-state index in [1.807, 2.05) is 42.7 Å². The van der Waals surface area contributed by atoms with Crippen LogP contribution in [0.1, 0.15) is 54.1 Å². The summed E-state index contributed by atoms with van der Waals surface area (Å²) in [6.45, 7) is 0. The number of imidazole rings is 1. The number of thioether (sulfide) groups is 1. The number of anilines is 1. The zero-order valence-electron chi connectivity index (χ0n) is 18.3. The van der Waals surface area contributed by atoms with Crippen LogP contribution in [0.3, 0.4) is 0 Å². The number of hydrogen-bond donors (Lipinski definition) is 1. The first-order valence-electron chi connectivity index (χ1n) is 11.4. The highest BCUT2D eigenvalue weighted by atomic mass is 32.2. The van der Waals surface area contributed by atoms with Crippen molar-refractivity contribution in [3.63, 3.8) is 0 Å². The van der Waals surface area contributed by atoms with Crippen LogP contribution < -0.4 is 5.32 Å². The number of fused-ring (bicyclic) bond motifs is 1. The number of carbonyl (C=O) groups is 1. The maximum Gasteiger partial charge on any atom is 0.256 e. The van der Waals surface area contributed by atoms with E-state index in [1.54, 1.807) is 23.9 Å². The van der Waals surface area contributed by atoms with Gasteiger partial charge in [-0.05, 0) is 60.9 Å². The van der Waals surface area contributed by atoms with E-state index in [2.05, 4.69) is 20.9 Å². The fourth-order valence-corrected chi connectivity index (χ4v) is 5.49. The Morgan fingerprint density at radius 1 is 1.03 bits per heavy atom. The lowest BCUT2D eigenvalue weighted by atomic mass is 9.95. The van der Waals surface area contributed by atoms with Gasteiger partial charge in [0.15, 0.2) is 0 Å². The number of rotatable bonds is 6. The second-order valence-electron chi connectivity index (χ2n) is 8.51. The first-order valence-corrected chi connectivity index (χ1v) is 12.4. The second-order valence-corrected chi connectivity index (χ2v) is 9.53. The Labute approximate surface area is 197 Å². The number of nitrogens with zero attached hydrogens (tertiary/aromatic N) is 2. The molecule has 1 aliphatic carbocycles. The van der Waals surface area contributed by atoms with Gasteiger partial charge in [-0.25, -0.2) is 9.37 Å². The van der Waals surface area contributed by atoms with Gasteiger partial charge in [0, 0.05) is 22.4 Å². The summed E-state index contributed by atoms with van der Waals surface area (Å²) in [5.41, 5.74) is 4.39. The molecule has 1 saturated carbocycles. The van der Waals surface area contributed by atoms with Crippen molar-refractivity contribution in [2.75, 3.05) is 5.32 Å². The first-order chi connectivity index (χ1) is 16.2. The lowest BCUT2D eigenvalue weighted by Crippen LogP contribution is -2.13.